The first-order chi connectivity index (χ1) is 15.1. The summed E-state index contributed by atoms with van der Waals surface area (Å²) in [5, 5.41) is 15.0. The van der Waals surface area contributed by atoms with E-state index in [0.717, 1.165) is 32.1 Å². The molecule has 6 atom stereocenters. The van der Waals surface area contributed by atoms with Crippen molar-refractivity contribution in [1.82, 2.24) is 15.5 Å². The van der Waals surface area contributed by atoms with Crippen molar-refractivity contribution in [3.05, 3.63) is 0 Å². The fourth-order valence-corrected chi connectivity index (χ4v) is 6.15. The number of fused-ring (bicyclic) bond motifs is 1. The van der Waals surface area contributed by atoms with Crippen molar-refractivity contribution in [3.63, 3.8) is 0 Å². The summed E-state index contributed by atoms with van der Waals surface area (Å²) in [5.41, 5.74) is -1.73. The van der Waals surface area contributed by atoms with E-state index in [-0.39, 0.29) is 36.3 Å². The van der Waals surface area contributed by atoms with Gasteiger partial charge in [-0.25, -0.2) is 0 Å². The minimum atomic E-state index is -0.969. The first kappa shape index (κ1) is 25.0. The number of likely N-dealkylation sites (tertiary alicyclic amines) is 1. The molecule has 3 amide bonds. The molecular formula is C24H41N3O5. The molecule has 8 nitrogen and oxygen atoms in total. The maximum Gasteiger partial charge on any atom is 0.246 e. The van der Waals surface area contributed by atoms with Gasteiger partial charge in [-0.1, -0.05) is 26.7 Å². The average molecular weight is 452 g/mol. The summed E-state index contributed by atoms with van der Waals surface area (Å²) in [6, 6.07) is -0.789. The highest BCUT2D eigenvalue weighted by Crippen LogP contribution is 2.65. The van der Waals surface area contributed by atoms with E-state index in [1.165, 1.54) is 0 Å². The van der Waals surface area contributed by atoms with E-state index >= 15 is 0 Å². The minimum Gasteiger partial charge on any atom is -0.396 e. The number of ether oxygens (including phenoxy) is 1. The Balaban J connectivity index is 1.94. The molecule has 182 valence electrons. The molecule has 3 rings (SSSR count). The lowest BCUT2D eigenvalue weighted by molar-refractivity contribution is -0.147. The van der Waals surface area contributed by atoms with Crippen LogP contribution in [-0.2, 0) is 19.1 Å². The van der Waals surface area contributed by atoms with E-state index in [0.29, 0.717) is 19.5 Å². The molecule has 0 saturated carbocycles. The fourth-order valence-electron chi connectivity index (χ4n) is 6.15. The van der Waals surface area contributed by atoms with Crippen LogP contribution in [0.2, 0.25) is 0 Å². The first-order valence-electron chi connectivity index (χ1n) is 12.3. The van der Waals surface area contributed by atoms with Crippen molar-refractivity contribution in [1.29, 1.82) is 0 Å². The Morgan fingerprint density at radius 1 is 1.22 bits per heavy atom. The Kier molecular flexibility index (Phi) is 7.55. The van der Waals surface area contributed by atoms with E-state index in [9.17, 15) is 14.4 Å². The summed E-state index contributed by atoms with van der Waals surface area (Å²) < 4.78 is 6.64. The molecule has 3 heterocycles. The van der Waals surface area contributed by atoms with Gasteiger partial charge in [-0.2, -0.15) is 0 Å². The normalized spacial score (nSPS) is 35.5. The van der Waals surface area contributed by atoms with Crippen LogP contribution in [0.15, 0.2) is 0 Å². The molecule has 2 bridgehead atoms. The molecule has 3 fully saturated rings. The molecular weight excluding hydrogens is 410 g/mol. The van der Waals surface area contributed by atoms with Crippen LogP contribution < -0.4 is 10.6 Å². The maximum absolute atomic E-state index is 13.8. The number of hydrogen-bond acceptors (Lipinski definition) is 5. The molecule has 3 unspecified atom stereocenters. The lowest BCUT2D eigenvalue weighted by Crippen LogP contribution is -2.56. The number of carbonyl (C=O) groups is 3. The van der Waals surface area contributed by atoms with Crippen molar-refractivity contribution in [3.8, 4) is 0 Å². The van der Waals surface area contributed by atoms with E-state index in [1.807, 2.05) is 27.7 Å². The van der Waals surface area contributed by atoms with Gasteiger partial charge in [-0.15, -0.1) is 0 Å². The van der Waals surface area contributed by atoms with Gasteiger partial charge in [0.1, 0.15) is 11.6 Å². The molecule has 32 heavy (non-hydrogen) atoms. The van der Waals surface area contributed by atoms with Crippen LogP contribution in [0.3, 0.4) is 0 Å². The molecule has 0 aromatic rings. The molecule has 0 aromatic carbocycles. The Bertz CT molecular complexity index is 728. The zero-order chi connectivity index (χ0) is 23.7. The van der Waals surface area contributed by atoms with E-state index in [4.69, 9.17) is 9.84 Å². The summed E-state index contributed by atoms with van der Waals surface area (Å²) in [5.74, 6) is -1.66. The SMILES string of the molecule is CCCNC(=O)[C@@H]1[C@H]2C(=O)N(CCCCCCO)C(C(=O)NC(C)C)C23CC(C)[C@@]1(C)O3. The molecule has 3 N–H and O–H groups in total. The predicted molar refractivity (Wildman–Crippen MR) is 121 cm³/mol. The van der Waals surface area contributed by atoms with Gasteiger partial charge in [0.15, 0.2) is 0 Å². The highest BCUT2D eigenvalue weighted by Gasteiger charge is 2.79. The van der Waals surface area contributed by atoms with Crippen molar-refractivity contribution in [2.45, 2.75) is 96.4 Å². The molecule has 0 aliphatic carbocycles. The van der Waals surface area contributed by atoms with Crippen LogP contribution in [-0.4, -0.2) is 70.7 Å². The van der Waals surface area contributed by atoms with Gasteiger partial charge in [-0.05, 0) is 52.4 Å². The lowest BCUT2D eigenvalue weighted by Gasteiger charge is -2.36. The van der Waals surface area contributed by atoms with Crippen molar-refractivity contribution in [2.24, 2.45) is 17.8 Å². The van der Waals surface area contributed by atoms with Gasteiger partial charge in [0, 0.05) is 25.7 Å². The summed E-state index contributed by atoms with van der Waals surface area (Å²) in [6.07, 6.45) is 4.64. The predicted octanol–water partition coefficient (Wildman–Crippen LogP) is 1.60. The second kappa shape index (κ2) is 9.67. The zero-order valence-electron chi connectivity index (χ0n) is 20.3. The molecule has 3 aliphatic rings. The van der Waals surface area contributed by atoms with Crippen molar-refractivity contribution in [2.75, 3.05) is 19.7 Å². The summed E-state index contributed by atoms with van der Waals surface area (Å²) in [4.78, 5) is 42.1. The zero-order valence-corrected chi connectivity index (χ0v) is 20.3. The topological polar surface area (TPSA) is 108 Å². The first-order valence-corrected chi connectivity index (χ1v) is 12.3. The Morgan fingerprint density at radius 2 is 1.91 bits per heavy atom. The fraction of sp³-hybridized carbons (Fsp3) is 0.875. The number of unbranched alkanes of at least 4 members (excludes halogenated alkanes) is 3. The quantitative estimate of drug-likeness (QED) is 0.414. The monoisotopic (exact) mass is 451 g/mol. The highest BCUT2D eigenvalue weighted by atomic mass is 16.5. The van der Waals surface area contributed by atoms with Crippen LogP contribution in [0.5, 0.6) is 0 Å². The standard InChI is InChI=1S/C24H41N3O5/c1-6-11-25-20(29)17-18-22(31)27(12-9-7-8-10-13-28)19(21(30)26-15(2)3)24(18)14-16(4)23(17,5)32-24/h15-19,28H,6-14H2,1-5H3,(H,25,29)(H,26,30)/t16?,17-,18-,19?,23+,24?/m0/s1. The number of amides is 3. The van der Waals surface area contributed by atoms with Crippen LogP contribution in [0.25, 0.3) is 0 Å². The third kappa shape index (κ3) is 4.04. The third-order valence-corrected chi connectivity index (χ3v) is 7.63. The van der Waals surface area contributed by atoms with E-state index in [2.05, 4.69) is 17.6 Å². The Morgan fingerprint density at radius 3 is 2.53 bits per heavy atom. The second-order valence-corrected chi connectivity index (χ2v) is 10.3. The molecule has 0 aromatic heterocycles. The highest BCUT2D eigenvalue weighted by molar-refractivity contribution is 5.99. The van der Waals surface area contributed by atoms with Crippen LogP contribution in [0, 0.1) is 17.8 Å². The molecule has 1 spiro atoms. The number of nitrogens with zero attached hydrogens (tertiary/aromatic N) is 1. The number of aliphatic hydroxyl groups is 1. The number of carbonyl (C=O) groups excluding carboxylic acids is 3. The Hall–Kier alpha value is -1.67. The summed E-state index contributed by atoms with van der Waals surface area (Å²) in [6.45, 7) is 11.0. The molecule has 3 saturated heterocycles. The van der Waals surface area contributed by atoms with E-state index in [1.54, 1.807) is 4.90 Å². The largest absolute Gasteiger partial charge is 0.396 e. The number of nitrogens with one attached hydrogen (secondary N) is 2. The smallest absolute Gasteiger partial charge is 0.246 e. The van der Waals surface area contributed by atoms with Gasteiger partial charge in [0.05, 0.1) is 17.4 Å². The minimum absolute atomic E-state index is 0.0581. The van der Waals surface area contributed by atoms with Crippen LogP contribution in [0.4, 0.5) is 0 Å². The van der Waals surface area contributed by atoms with E-state index < -0.39 is 29.1 Å². The number of hydrogen-bond donors (Lipinski definition) is 3. The molecule has 0 radical (unpaired) electrons. The van der Waals surface area contributed by atoms with Gasteiger partial charge in [-0.3, -0.25) is 14.4 Å². The Labute approximate surface area is 191 Å². The maximum atomic E-state index is 13.8. The van der Waals surface area contributed by atoms with Gasteiger partial charge in [0.25, 0.3) is 0 Å². The number of rotatable bonds is 11. The van der Waals surface area contributed by atoms with Crippen LogP contribution in [0.1, 0.15) is 73.1 Å². The van der Waals surface area contributed by atoms with Gasteiger partial charge < -0.3 is 25.4 Å². The van der Waals surface area contributed by atoms with Crippen molar-refractivity contribution < 1.29 is 24.2 Å². The molecule has 3 aliphatic heterocycles. The average Bonchev–Trinajstić information content (AvgIpc) is 3.22. The van der Waals surface area contributed by atoms with Gasteiger partial charge in [0.2, 0.25) is 17.7 Å². The second-order valence-electron chi connectivity index (χ2n) is 10.3. The summed E-state index contributed by atoms with van der Waals surface area (Å²) >= 11 is 0. The molecule has 8 heteroatoms. The third-order valence-electron chi connectivity index (χ3n) is 7.63. The lowest BCUT2D eigenvalue weighted by atomic mass is 9.62. The summed E-state index contributed by atoms with van der Waals surface area (Å²) in [7, 11) is 0. The van der Waals surface area contributed by atoms with Crippen molar-refractivity contribution >= 4 is 17.7 Å². The van der Waals surface area contributed by atoms with Gasteiger partial charge >= 0.3 is 0 Å². The van der Waals surface area contributed by atoms with Crippen LogP contribution >= 0.6 is 0 Å². The number of aliphatic hydroxyl groups excluding tert-OH is 1.